The largest absolute Gasteiger partial charge is 0.342 e. The number of rotatable bonds is 6. The predicted octanol–water partition coefficient (Wildman–Crippen LogP) is 0.908. The first-order valence-corrected chi connectivity index (χ1v) is 6.04. The first-order valence-electron chi connectivity index (χ1n) is 6.04. The van der Waals surface area contributed by atoms with Gasteiger partial charge in [-0.05, 0) is 32.9 Å². The van der Waals surface area contributed by atoms with Gasteiger partial charge in [0.1, 0.15) is 6.29 Å². The van der Waals surface area contributed by atoms with E-state index < -0.39 is 0 Å². The average Bonchev–Trinajstić information content (AvgIpc) is 2.64. The molecular weight excluding hydrogens is 204 g/mol. The fourth-order valence-corrected chi connectivity index (χ4v) is 2.28. The van der Waals surface area contributed by atoms with Crippen molar-refractivity contribution in [2.75, 3.05) is 26.7 Å². The predicted molar refractivity (Wildman–Crippen MR) is 63.2 cm³/mol. The molecule has 4 nitrogen and oxygen atoms in total. The van der Waals surface area contributed by atoms with Crippen molar-refractivity contribution >= 4 is 12.2 Å². The van der Waals surface area contributed by atoms with Crippen LogP contribution in [0, 0.1) is 0 Å². The zero-order valence-electron chi connectivity index (χ0n) is 10.3. The number of nitrogens with zero attached hydrogens (tertiary/aromatic N) is 2. The summed E-state index contributed by atoms with van der Waals surface area (Å²) in [6.45, 7) is 4.08. The molecule has 0 spiro atoms. The molecule has 0 N–H and O–H groups in total. The fourth-order valence-electron chi connectivity index (χ4n) is 2.28. The number of amides is 1. The van der Waals surface area contributed by atoms with E-state index in [1.54, 1.807) is 11.8 Å². The normalized spacial score (nSPS) is 21.0. The van der Waals surface area contributed by atoms with E-state index in [2.05, 4.69) is 11.9 Å². The van der Waals surface area contributed by atoms with Crippen LogP contribution in [0.1, 0.15) is 32.6 Å². The summed E-state index contributed by atoms with van der Waals surface area (Å²) in [5.41, 5.74) is 0. The second-order valence-electron chi connectivity index (χ2n) is 4.53. The molecule has 1 fully saturated rings. The topological polar surface area (TPSA) is 40.6 Å². The summed E-state index contributed by atoms with van der Waals surface area (Å²) in [7, 11) is 2.14. The number of aldehydes is 1. The highest BCUT2D eigenvalue weighted by atomic mass is 16.2. The molecule has 0 saturated carbocycles. The van der Waals surface area contributed by atoms with Crippen LogP contribution in [-0.4, -0.2) is 54.7 Å². The van der Waals surface area contributed by atoms with Crippen molar-refractivity contribution in [1.29, 1.82) is 0 Å². The van der Waals surface area contributed by atoms with E-state index in [9.17, 15) is 9.59 Å². The van der Waals surface area contributed by atoms with E-state index in [0.717, 1.165) is 19.3 Å². The van der Waals surface area contributed by atoms with Crippen LogP contribution in [0.5, 0.6) is 0 Å². The summed E-state index contributed by atoms with van der Waals surface area (Å²) in [5, 5.41) is 0. The molecule has 1 aliphatic heterocycles. The quantitative estimate of drug-likeness (QED) is 0.632. The van der Waals surface area contributed by atoms with Gasteiger partial charge in [0.25, 0.3) is 0 Å². The van der Waals surface area contributed by atoms with Crippen molar-refractivity contribution in [1.82, 2.24) is 9.80 Å². The van der Waals surface area contributed by atoms with Crippen LogP contribution in [0.15, 0.2) is 0 Å². The molecule has 16 heavy (non-hydrogen) atoms. The van der Waals surface area contributed by atoms with E-state index in [-0.39, 0.29) is 5.91 Å². The Morgan fingerprint density at radius 2 is 2.25 bits per heavy atom. The molecule has 0 aromatic carbocycles. The van der Waals surface area contributed by atoms with Crippen LogP contribution in [0.4, 0.5) is 0 Å². The molecule has 92 valence electrons. The number of carbonyl (C=O) groups excluding carboxylic acids is 2. The van der Waals surface area contributed by atoms with Crippen LogP contribution in [0.2, 0.25) is 0 Å². The molecule has 0 bridgehead atoms. The third-order valence-corrected chi connectivity index (χ3v) is 3.37. The summed E-state index contributed by atoms with van der Waals surface area (Å²) in [6.07, 6.45) is 4.83. The van der Waals surface area contributed by atoms with Gasteiger partial charge in [0, 0.05) is 32.5 Å². The highest BCUT2D eigenvalue weighted by Crippen LogP contribution is 2.18. The first-order chi connectivity index (χ1) is 7.65. The van der Waals surface area contributed by atoms with Gasteiger partial charge in [-0.1, -0.05) is 0 Å². The maximum absolute atomic E-state index is 11.3. The highest BCUT2D eigenvalue weighted by Gasteiger charge is 2.21. The number of likely N-dealkylation sites (tertiary alicyclic amines) is 1. The molecule has 4 heteroatoms. The Kier molecular flexibility index (Phi) is 5.46. The van der Waals surface area contributed by atoms with Crippen molar-refractivity contribution < 1.29 is 9.59 Å². The van der Waals surface area contributed by atoms with Crippen molar-refractivity contribution in [3.05, 3.63) is 0 Å². The molecule has 1 heterocycles. The van der Waals surface area contributed by atoms with Crippen LogP contribution in [0.25, 0.3) is 0 Å². The summed E-state index contributed by atoms with van der Waals surface area (Å²) in [6, 6.07) is 0.609. The molecule has 1 aliphatic rings. The second kappa shape index (κ2) is 6.63. The molecule has 1 saturated heterocycles. The van der Waals surface area contributed by atoms with Crippen molar-refractivity contribution in [2.45, 2.75) is 38.6 Å². The first kappa shape index (κ1) is 13.2. The lowest BCUT2D eigenvalue weighted by molar-refractivity contribution is -0.129. The zero-order chi connectivity index (χ0) is 12.0. The Morgan fingerprint density at radius 3 is 2.75 bits per heavy atom. The standard InChI is InChI=1S/C12H22N2O2/c1-11(16)14(8-4-10-15)9-6-12-5-3-7-13(12)2/h10,12H,3-9H2,1-2H3. The van der Waals surface area contributed by atoms with E-state index in [4.69, 9.17) is 0 Å². The third-order valence-electron chi connectivity index (χ3n) is 3.37. The minimum atomic E-state index is 0.0718. The molecule has 0 aromatic heterocycles. The SMILES string of the molecule is CC(=O)N(CCC=O)CCC1CCCN1C. The van der Waals surface area contributed by atoms with Gasteiger partial charge in [0.05, 0.1) is 0 Å². The van der Waals surface area contributed by atoms with Gasteiger partial charge >= 0.3 is 0 Å². The van der Waals surface area contributed by atoms with Gasteiger partial charge < -0.3 is 14.6 Å². The minimum Gasteiger partial charge on any atom is -0.342 e. The van der Waals surface area contributed by atoms with Crippen molar-refractivity contribution in [2.24, 2.45) is 0 Å². The van der Waals surface area contributed by atoms with E-state index in [1.165, 1.54) is 19.4 Å². The second-order valence-corrected chi connectivity index (χ2v) is 4.53. The summed E-state index contributed by atoms with van der Waals surface area (Å²) in [5.74, 6) is 0.0718. The Hall–Kier alpha value is -0.900. The van der Waals surface area contributed by atoms with Gasteiger partial charge in [-0.25, -0.2) is 0 Å². The van der Waals surface area contributed by atoms with Crippen molar-refractivity contribution in [3.63, 3.8) is 0 Å². The maximum Gasteiger partial charge on any atom is 0.219 e. The highest BCUT2D eigenvalue weighted by molar-refractivity contribution is 5.73. The van der Waals surface area contributed by atoms with E-state index in [1.807, 2.05) is 0 Å². The summed E-state index contributed by atoms with van der Waals surface area (Å²) >= 11 is 0. The van der Waals surface area contributed by atoms with Gasteiger partial charge in [0.2, 0.25) is 5.91 Å². The molecule has 1 amide bonds. The van der Waals surface area contributed by atoms with Crippen LogP contribution < -0.4 is 0 Å². The lowest BCUT2D eigenvalue weighted by atomic mass is 10.1. The van der Waals surface area contributed by atoms with E-state index >= 15 is 0 Å². The number of hydrogen-bond donors (Lipinski definition) is 0. The summed E-state index contributed by atoms with van der Waals surface area (Å²) in [4.78, 5) is 25.8. The van der Waals surface area contributed by atoms with Gasteiger partial charge in [-0.15, -0.1) is 0 Å². The molecule has 0 aliphatic carbocycles. The van der Waals surface area contributed by atoms with Gasteiger partial charge in [0.15, 0.2) is 0 Å². The molecule has 0 aromatic rings. The number of hydrogen-bond acceptors (Lipinski definition) is 3. The van der Waals surface area contributed by atoms with Crippen molar-refractivity contribution in [3.8, 4) is 0 Å². The molecule has 0 radical (unpaired) electrons. The Balaban J connectivity index is 2.31. The maximum atomic E-state index is 11.3. The minimum absolute atomic E-state index is 0.0718. The van der Waals surface area contributed by atoms with Crippen LogP contribution >= 0.6 is 0 Å². The fraction of sp³-hybridized carbons (Fsp3) is 0.833. The molecular formula is C12H22N2O2. The third kappa shape index (κ3) is 3.93. The zero-order valence-corrected chi connectivity index (χ0v) is 10.3. The lowest BCUT2D eigenvalue weighted by Crippen LogP contribution is -2.35. The molecule has 1 unspecified atom stereocenters. The Morgan fingerprint density at radius 1 is 1.50 bits per heavy atom. The Bertz CT molecular complexity index is 243. The van der Waals surface area contributed by atoms with Crippen LogP contribution in [0.3, 0.4) is 0 Å². The number of carbonyl (C=O) groups is 2. The monoisotopic (exact) mass is 226 g/mol. The molecule has 1 rings (SSSR count). The van der Waals surface area contributed by atoms with Gasteiger partial charge in [-0.2, -0.15) is 0 Å². The van der Waals surface area contributed by atoms with Crippen LogP contribution in [-0.2, 0) is 9.59 Å². The molecule has 1 atom stereocenters. The summed E-state index contributed by atoms with van der Waals surface area (Å²) < 4.78 is 0. The van der Waals surface area contributed by atoms with Gasteiger partial charge in [-0.3, -0.25) is 4.79 Å². The van der Waals surface area contributed by atoms with E-state index in [0.29, 0.717) is 19.0 Å². The smallest absolute Gasteiger partial charge is 0.219 e. The lowest BCUT2D eigenvalue weighted by Gasteiger charge is -2.25. The average molecular weight is 226 g/mol. The Labute approximate surface area is 97.6 Å².